The fraction of sp³-hybridized carbons (Fsp3) is 0.364. The van der Waals surface area contributed by atoms with Gasteiger partial charge < -0.3 is 10.2 Å². The lowest BCUT2D eigenvalue weighted by Gasteiger charge is -2.34. The van der Waals surface area contributed by atoms with Crippen LogP contribution in [0.15, 0.2) is 60.7 Å². The van der Waals surface area contributed by atoms with Crippen LogP contribution < -0.4 is 5.32 Å². The summed E-state index contributed by atoms with van der Waals surface area (Å²) in [6, 6.07) is 18.1. The number of benzene rings is 2. The van der Waals surface area contributed by atoms with Crippen molar-refractivity contribution in [3.63, 3.8) is 0 Å². The number of carbonyl (C=O) groups is 2. The van der Waals surface area contributed by atoms with E-state index in [4.69, 9.17) is 0 Å². The Labute approximate surface area is 155 Å². The molecule has 1 N–H and O–H groups in total. The van der Waals surface area contributed by atoms with Crippen molar-refractivity contribution in [2.45, 2.75) is 44.2 Å². The molecule has 1 aliphatic carbocycles. The van der Waals surface area contributed by atoms with Crippen LogP contribution in [0, 0.1) is 0 Å². The predicted octanol–water partition coefficient (Wildman–Crippen LogP) is 3.95. The zero-order valence-corrected chi connectivity index (χ0v) is 15.2. The third kappa shape index (κ3) is 4.31. The number of rotatable bonds is 5. The van der Waals surface area contributed by atoms with Crippen LogP contribution in [0.3, 0.4) is 0 Å². The molecule has 0 aliphatic heterocycles. The number of carbonyl (C=O) groups excluding carboxylic acids is 2. The van der Waals surface area contributed by atoms with E-state index < -0.39 is 6.04 Å². The Morgan fingerprint density at radius 2 is 1.50 bits per heavy atom. The smallest absolute Gasteiger partial charge is 0.252 e. The van der Waals surface area contributed by atoms with Gasteiger partial charge in [-0.3, -0.25) is 9.59 Å². The lowest BCUT2D eigenvalue weighted by molar-refractivity contribution is -0.134. The number of nitrogens with zero attached hydrogens (tertiary/aromatic N) is 1. The molecule has 1 unspecified atom stereocenters. The van der Waals surface area contributed by atoms with Crippen LogP contribution in [0.2, 0.25) is 0 Å². The van der Waals surface area contributed by atoms with E-state index in [0.29, 0.717) is 5.56 Å². The van der Waals surface area contributed by atoms with Crippen LogP contribution in [0.1, 0.15) is 54.1 Å². The highest BCUT2D eigenvalue weighted by Crippen LogP contribution is 2.25. The Balaban J connectivity index is 1.81. The Hall–Kier alpha value is -2.62. The van der Waals surface area contributed by atoms with Gasteiger partial charge in [0, 0.05) is 18.7 Å². The van der Waals surface area contributed by atoms with Gasteiger partial charge in [-0.15, -0.1) is 0 Å². The largest absolute Gasteiger partial charge is 0.341 e. The van der Waals surface area contributed by atoms with Gasteiger partial charge >= 0.3 is 0 Å². The summed E-state index contributed by atoms with van der Waals surface area (Å²) >= 11 is 0. The minimum Gasteiger partial charge on any atom is -0.341 e. The molecule has 1 fully saturated rings. The molecule has 1 aliphatic rings. The molecule has 0 bridgehead atoms. The zero-order valence-electron chi connectivity index (χ0n) is 15.2. The Morgan fingerprint density at radius 1 is 0.923 bits per heavy atom. The summed E-state index contributed by atoms with van der Waals surface area (Å²) in [5.41, 5.74) is 1.37. The molecule has 0 saturated heterocycles. The van der Waals surface area contributed by atoms with E-state index in [9.17, 15) is 9.59 Å². The van der Waals surface area contributed by atoms with E-state index in [1.54, 1.807) is 12.1 Å². The lowest BCUT2D eigenvalue weighted by Crippen LogP contribution is -2.46. The fourth-order valence-corrected chi connectivity index (χ4v) is 3.59. The van der Waals surface area contributed by atoms with Gasteiger partial charge in [0.2, 0.25) is 5.91 Å². The van der Waals surface area contributed by atoms with Gasteiger partial charge in [-0.1, -0.05) is 67.8 Å². The van der Waals surface area contributed by atoms with Crippen LogP contribution >= 0.6 is 0 Å². The summed E-state index contributed by atoms with van der Waals surface area (Å²) in [5.74, 6) is -0.280. The predicted molar refractivity (Wildman–Crippen MR) is 103 cm³/mol. The maximum Gasteiger partial charge on any atom is 0.252 e. The van der Waals surface area contributed by atoms with Crippen molar-refractivity contribution in [2.75, 3.05) is 7.05 Å². The molecule has 2 aromatic rings. The third-order valence-electron chi connectivity index (χ3n) is 5.16. The first-order valence-electron chi connectivity index (χ1n) is 9.34. The Kier molecular flexibility index (Phi) is 6.05. The van der Waals surface area contributed by atoms with E-state index in [2.05, 4.69) is 5.32 Å². The van der Waals surface area contributed by atoms with Crippen molar-refractivity contribution in [1.29, 1.82) is 0 Å². The van der Waals surface area contributed by atoms with E-state index in [1.165, 1.54) is 6.42 Å². The highest BCUT2D eigenvalue weighted by Gasteiger charge is 2.30. The standard InChI is InChI=1S/C22H26N2O2/c1-24(19-15-9-4-10-16-19)22(26)20(17-11-5-2-6-12-17)23-21(25)18-13-7-3-8-14-18/h2-3,5-8,11-14,19-20H,4,9-10,15-16H2,1H3,(H,23,25). The second-order valence-electron chi connectivity index (χ2n) is 6.92. The van der Waals surface area contributed by atoms with Gasteiger partial charge in [-0.05, 0) is 30.5 Å². The lowest BCUT2D eigenvalue weighted by atomic mass is 9.93. The zero-order chi connectivity index (χ0) is 18.4. The second kappa shape index (κ2) is 8.65. The summed E-state index contributed by atoms with van der Waals surface area (Å²) in [4.78, 5) is 27.7. The Morgan fingerprint density at radius 3 is 2.12 bits per heavy atom. The summed E-state index contributed by atoms with van der Waals surface area (Å²) in [6.07, 6.45) is 5.64. The first kappa shape index (κ1) is 18.2. The van der Waals surface area contributed by atoms with E-state index >= 15 is 0 Å². The van der Waals surface area contributed by atoms with E-state index in [-0.39, 0.29) is 17.9 Å². The van der Waals surface area contributed by atoms with Gasteiger partial charge in [-0.25, -0.2) is 0 Å². The summed E-state index contributed by atoms with van der Waals surface area (Å²) in [5, 5.41) is 2.94. The van der Waals surface area contributed by atoms with Crippen molar-refractivity contribution in [3.05, 3.63) is 71.8 Å². The van der Waals surface area contributed by atoms with Gasteiger partial charge in [-0.2, -0.15) is 0 Å². The average molecular weight is 350 g/mol. The van der Waals surface area contributed by atoms with Crippen molar-refractivity contribution in [3.8, 4) is 0 Å². The monoisotopic (exact) mass is 350 g/mol. The minimum atomic E-state index is -0.671. The van der Waals surface area contributed by atoms with Gasteiger partial charge in [0.1, 0.15) is 6.04 Å². The molecule has 0 radical (unpaired) electrons. The maximum atomic E-state index is 13.2. The molecular weight excluding hydrogens is 324 g/mol. The van der Waals surface area contributed by atoms with E-state index in [1.807, 2.05) is 60.5 Å². The molecule has 4 heteroatoms. The molecule has 26 heavy (non-hydrogen) atoms. The number of hydrogen-bond acceptors (Lipinski definition) is 2. The topological polar surface area (TPSA) is 49.4 Å². The Bertz CT molecular complexity index is 724. The van der Waals surface area contributed by atoms with Crippen LogP contribution in [0.25, 0.3) is 0 Å². The van der Waals surface area contributed by atoms with Crippen molar-refractivity contribution in [2.24, 2.45) is 0 Å². The molecule has 136 valence electrons. The molecule has 1 atom stereocenters. The molecule has 2 aromatic carbocycles. The normalized spacial score (nSPS) is 15.9. The van der Waals surface area contributed by atoms with Gasteiger partial charge in [0.15, 0.2) is 0 Å². The molecule has 4 nitrogen and oxygen atoms in total. The summed E-state index contributed by atoms with van der Waals surface area (Å²) in [6.45, 7) is 0. The molecule has 3 rings (SSSR count). The molecular formula is C22H26N2O2. The second-order valence-corrected chi connectivity index (χ2v) is 6.92. The molecule has 0 aromatic heterocycles. The van der Waals surface area contributed by atoms with Gasteiger partial charge in [0.25, 0.3) is 5.91 Å². The molecule has 1 saturated carbocycles. The number of hydrogen-bond donors (Lipinski definition) is 1. The first-order valence-corrected chi connectivity index (χ1v) is 9.34. The fourth-order valence-electron chi connectivity index (χ4n) is 3.59. The SMILES string of the molecule is CN(C(=O)C(NC(=O)c1ccccc1)c1ccccc1)C1CCCCC1. The molecule has 2 amide bonds. The van der Waals surface area contributed by atoms with Crippen LogP contribution in [0.5, 0.6) is 0 Å². The highest BCUT2D eigenvalue weighted by atomic mass is 16.2. The quantitative estimate of drug-likeness (QED) is 0.888. The average Bonchev–Trinajstić information content (AvgIpc) is 2.72. The van der Waals surface area contributed by atoms with E-state index in [0.717, 1.165) is 31.2 Å². The van der Waals surface area contributed by atoms with Crippen molar-refractivity contribution < 1.29 is 9.59 Å². The molecule has 0 heterocycles. The van der Waals surface area contributed by atoms with Crippen molar-refractivity contribution >= 4 is 11.8 Å². The number of likely N-dealkylation sites (N-methyl/N-ethyl adjacent to an activating group) is 1. The summed E-state index contributed by atoms with van der Waals surface area (Å²) in [7, 11) is 1.86. The minimum absolute atomic E-state index is 0.0487. The van der Waals surface area contributed by atoms with Crippen molar-refractivity contribution in [1.82, 2.24) is 10.2 Å². The third-order valence-corrected chi connectivity index (χ3v) is 5.16. The highest BCUT2D eigenvalue weighted by molar-refractivity contribution is 5.97. The van der Waals surface area contributed by atoms with Crippen LogP contribution in [-0.2, 0) is 4.79 Å². The number of amides is 2. The van der Waals surface area contributed by atoms with Crippen LogP contribution in [0.4, 0.5) is 0 Å². The maximum absolute atomic E-state index is 13.2. The van der Waals surface area contributed by atoms with Gasteiger partial charge in [0.05, 0.1) is 0 Å². The number of nitrogens with one attached hydrogen (secondary N) is 1. The molecule has 0 spiro atoms. The summed E-state index contributed by atoms with van der Waals surface area (Å²) < 4.78 is 0. The van der Waals surface area contributed by atoms with Crippen LogP contribution in [-0.4, -0.2) is 29.8 Å². The first-order chi connectivity index (χ1) is 12.7.